The zero-order valence-electron chi connectivity index (χ0n) is 17.6. The first-order valence-corrected chi connectivity index (χ1v) is 9.46. The Morgan fingerprint density at radius 1 is 1.00 bits per heavy atom. The van der Waals surface area contributed by atoms with Crippen LogP contribution in [0.2, 0.25) is 0 Å². The first-order valence-electron chi connectivity index (χ1n) is 9.46. The fourth-order valence-electron chi connectivity index (χ4n) is 3.05. The molecule has 0 fully saturated rings. The molecule has 30 heavy (non-hydrogen) atoms. The highest BCUT2D eigenvalue weighted by atomic mass is 16.5. The fourth-order valence-corrected chi connectivity index (χ4v) is 3.05. The van der Waals surface area contributed by atoms with Crippen molar-refractivity contribution < 1.29 is 19.1 Å². The van der Waals surface area contributed by atoms with Crippen LogP contribution in [0.4, 0.5) is 10.5 Å². The van der Waals surface area contributed by atoms with Gasteiger partial charge < -0.3 is 29.6 Å². The van der Waals surface area contributed by atoms with Crippen molar-refractivity contribution in [1.29, 1.82) is 0 Å². The van der Waals surface area contributed by atoms with Crippen LogP contribution in [0.5, 0.6) is 11.5 Å². The maximum Gasteiger partial charge on any atom is 0.319 e. The molecule has 3 aromatic rings. The van der Waals surface area contributed by atoms with Crippen LogP contribution in [-0.4, -0.2) is 49.7 Å². The Morgan fingerprint density at radius 3 is 2.47 bits per heavy atom. The summed E-state index contributed by atoms with van der Waals surface area (Å²) < 4.78 is 12.4. The molecule has 8 heteroatoms. The van der Waals surface area contributed by atoms with Gasteiger partial charge in [0.05, 0.1) is 14.2 Å². The van der Waals surface area contributed by atoms with Gasteiger partial charge in [0.1, 0.15) is 6.54 Å². The number of ether oxygens (including phenoxy) is 2. The van der Waals surface area contributed by atoms with E-state index in [0.29, 0.717) is 23.7 Å². The number of anilines is 1. The van der Waals surface area contributed by atoms with E-state index in [1.165, 1.54) is 0 Å². The molecule has 8 nitrogen and oxygen atoms in total. The predicted molar refractivity (Wildman–Crippen MR) is 116 cm³/mol. The van der Waals surface area contributed by atoms with E-state index in [1.54, 1.807) is 39.3 Å². The third kappa shape index (κ3) is 4.83. The standard InChI is InChI=1S/C22H26N4O4/c1-25(2)21(27)14-26-10-9-16-12-17(6-7-18(16)26)24-22(28)23-13-15-5-8-19(29-3)20(11-15)30-4/h5-12H,13-14H2,1-4H3,(H2,23,24,28). The van der Waals surface area contributed by atoms with Crippen LogP contribution in [0, 0.1) is 0 Å². The molecule has 2 aromatic carbocycles. The van der Waals surface area contributed by atoms with E-state index in [4.69, 9.17) is 9.47 Å². The molecule has 0 saturated carbocycles. The minimum atomic E-state index is -0.314. The molecule has 1 heterocycles. The molecule has 0 aliphatic heterocycles. The number of hydrogen-bond acceptors (Lipinski definition) is 4. The Bertz CT molecular complexity index is 1060. The number of fused-ring (bicyclic) bond motifs is 1. The average molecular weight is 410 g/mol. The number of nitrogens with zero attached hydrogens (tertiary/aromatic N) is 2. The minimum Gasteiger partial charge on any atom is -0.493 e. The molecule has 3 rings (SSSR count). The molecular formula is C22H26N4O4. The lowest BCUT2D eigenvalue weighted by Gasteiger charge is -2.12. The number of amides is 3. The van der Waals surface area contributed by atoms with Crippen LogP contribution in [0.3, 0.4) is 0 Å². The van der Waals surface area contributed by atoms with Crippen molar-refractivity contribution in [3.05, 3.63) is 54.2 Å². The first kappa shape index (κ1) is 21.0. The molecule has 0 aliphatic rings. The van der Waals surface area contributed by atoms with Crippen LogP contribution in [0.15, 0.2) is 48.7 Å². The van der Waals surface area contributed by atoms with Crippen molar-refractivity contribution in [1.82, 2.24) is 14.8 Å². The van der Waals surface area contributed by atoms with Gasteiger partial charge in [0.2, 0.25) is 5.91 Å². The Kier molecular flexibility index (Phi) is 6.46. The van der Waals surface area contributed by atoms with E-state index in [9.17, 15) is 9.59 Å². The van der Waals surface area contributed by atoms with E-state index < -0.39 is 0 Å². The van der Waals surface area contributed by atoms with Crippen molar-refractivity contribution >= 4 is 28.5 Å². The first-order chi connectivity index (χ1) is 14.4. The summed E-state index contributed by atoms with van der Waals surface area (Å²) in [7, 11) is 6.61. The second kappa shape index (κ2) is 9.21. The van der Waals surface area contributed by atoms with Crippen molar-refractivity contribution in [2.24, 2.45) is 0 Å². The monoisotopic (exact) mass is 410 g/mol. The lowest BCUT2D eigenvalue weighted by Crippen LogP contribution is -2.28. The molecular weight excluding hydrogens is 384 g/mol. The molecule has 0 spiro atoms. The Morgan fingerprint density at radius 2 is 1.77 bits per heavy atom. The molecule has 1 aromatic heterocycles. The number of carbonyl (C=O) groups is 2. The lowest BCUT2D eigenvalue weighted by molar-refractivity contribution is -0.129. The summed E-state index contributed by atoms with van der Waals surface area (Å²) in [5.74, 6) is 1.27. The summed E-state index contributed by atoms with van der Waals surface area (Å²) in [5.41, 5.74) is 2.49. The molecule has 158 valence electrons. The van der Waals surface area contributed by atoms with Gasteiger partial charge in [-0.3, -0.25) is 4.79 Å². The number of urea groups is 1. The van der Waals surface area contributed by atoms with Crippen LogP contribution < -0.4 is 20.1 Å². The predicted octanol–water partition coefficient (Wildman–Crippen LogP) is 3.07. The maximum atomic E-state index is 12.3. The maximum absolute atomic E-state index is 12.3. The number of methoxy groups -OCH3 is 2. The third-order valence-corrected chi connectivity index (χ3v) is 4.73. The summed E-state index contributed by atoms with van der Waals surface area (Å²) in [6.07, 6.45) is 1.87. The van der Waals surface area contributed by atoms with Gasteiger partial charge in [0.15, 0.2) is 11.5 Å². The summed E-state index contributed by atoms with van der Waals surface area (Å²) in [4.78, 5) is 25.8. The molecule has 0 bridgehead atoms. The number of hydrogen-bond donors (Lipinski definition) is 2. The molecule has 0 aliphatic carbocycles. The second-order valence-electron chi connectivity index (χ2n) is 7.00. The highest BCUT2D eigenvalue weighted by Gasteiger charge is 2.10. The summed E-state index contributed by atoms with van der Waals surface area (Å²) in [6, 6.07) is 12.7. The van der Waals surface area contributed by atoms with E-state index in [2.05, 4.69) is 10.6 Å². The van der Waals surface area contributed by atoms with Gasteiger partial charge in [0.25, 0.3) is 0 Å². The van der Waals surface area contributed by atoms with Crippen molar-refractivity contribution in [3.8, 4) is 11.5 Å². The van der Waals surface area contributed by atoms with Crippen LogP contribution in [0.1, 0.15) is 5.56 Å². The van der Waals surface area contributed by atoms with Crippen LogP contribution in [-0.2, 0) is 17.9 Å². The zero-order valence-corrected chi connectivity index (χ0v) is 17.6. The van der Waals surface area contributed by atoms with E-state index in [0.717, 1.165) is 16.5 Å². The van der Waals surface area contributed by atoms with Crippen LogP contribution >= 0.6 is 0 Å². The Balaban J connectivity index is 1.62. The minimum absolute atomic E-state index is 0.0178. The highest BCUT2D eigenvalue weighted by molar-refractivity contribution is 5.93. The van der Waals surface area contributed by atoms with Gasteiger partial charge >= 0.3 is 6.03 Å². The van der Waals surface area contributed by atoms with Crippen molar-refractivity contribution in [2.75, 3.05) is 33.6 Å². The topological polar surface area (TPSA) is 84.8 Å². The Hall–Kier alpha value is -3.68. The number of benzene rings is 2. The normalized spacial score (nSPS) is 10.5. The quantitative estimate of drug-likeness (QED) is 0.627. The smallest absolute Gasteiger partial charge is 0.319 e. The lowest BCUT2D eigenvalue weighted by atomic mass is 10.2. The summed E-state index contributed by atoms with van der Waals surface area (Å²) in [6.45, 7) is 0.618. The highest BCUT2D eigenvalue weighted by Crippen LogP contribution is 2.27. The van der Waals surface area contributed by atoms with Crippen LogP contribution in [0.25, 0.3) is 10.9 Å². The molecule has 0 radical (unpaired) electrons. The number of aromatic nitrogens is 1. The fraction of sp³-hybridized carbons (Fsp3) is 0.273. The number of nitrogens with one attached hydrogen (secondary N) is 2. The second-order valence-corrected chi connectivity index (χ2v) is 7.00. The number of rotatable bonds is 7. The molecule has 0 unspecified atom stereocenters. The molecule has 2 N–H and O–H groups in total. The summed E-state index contributed by atoms with van der Waals surface area (Å²) in [5, 5.41) is 6.60. The largest absolute Gasteiger partial charge is 0.493 e. The zero-order chi connectivity index (χ0) is 21.7. The summed E-state index contributed by atoms with van der Waals surface area (Å²) >= 11 is 0. The van der Waals surface area contributed by atoms with Crippen molar-refractivity contribution in [2.45, 2.75) is 13.1 Å². The Labute approximate surface area is 175 Å². The number of likely N-dealkylation sites (N-methyl/N-ethyl adjacent to an activating group) is 1. The molecule has 0 saturated heterocycles. The third-order valence-electron chi connectivity index (χ3n) is 4.73. The number of carbonyl (C=O) groups excluding carboxylic acids is 2. The van der Waals surface area contributed by atoms with E-state index in [1.807, 2.05) is 47.2 Å². The van der Waals surface area contributed by atoms with Gasteiger partial charge in [-0.05, 0) is 42.0 Å². The van der Waals surface area contributed by atoms with Gasteiger partial charge in [-0.15, -0.1) is 0 Å². The van der Waals surface area contributed by atoms with Gasteiger partial charge in [0, 0.05) is 43.4 Å². The average Bonchev–Trinajstić information content (AvgIpc) is 3.13. The van der Waals surface area contributed by atoms with Gasteiger partial charge in [-0.1, -0.05) is 6.07 Å². The molecule has 3 amide bonds. The molecule has 0 atom stereocenters. The van der Waals surface area contributed by atoms with Gasteiger partial charge in [-0.25, -0.2) is 4.79 Å². The van der Waals surface area contributed by atoms with Crippen molar-refractivity contribution in [3.63, 3.8) is 0 Å². The van der Waals surface area contributed by atoms with Gasteiger partial charge in [-0.2, -0.15) is 0 Å². The van der Waals surface area contributed by atoms with E-state index in [-0.39, 0.29) is 18.5 Å². The SMILES string of the molecule is COc1ccc(CNC(=O)Nc2ccc3c(ccn3CC(=O)N(C)C)c2)cc1OC. The van der Waals surface area contributed by atoms with E-state index >= 15 is 0 Å².